The van der Waals surface area contributed by atoms with Gasteiger partial charge in [0.15, 0.2) is 0 Å². The third-order valence-electron chi connectivity index (χ3n) is 2.73. The fraction of sp³-hybridized carbons (Fsp3) is 0.125. The Bertz CT molecular complexity index is 649. The second-order valence-electron chi connectivity index (χ2n) is 4.27. The normalized spacial score (nSPS) is 10.9. The first-order valence-electron chi connectivity index (χ1n) is 5.82. The van der Waals surface area contributed by atoms with Gasteiger partial charge in [-0.1, -0.05) is 35.7 Å². The predicted molar refractivity (Wildman–Crippen MR) is 71.2 cm³/mol. The highest BCUT2D eigenvalue weighted by molar-refractivity contribution is 5.72. The molecule has 0 aliphatic rings. The Kier molecular flexibility index (Phi) is 3.71. The van der Waals surface area contributed by atoms with E-state index in [2.05, 4.69) is 10.7 Å². The van der Waals surface area contributed by atoms with Crippen molar-refractivity contribution < 1.29 is 17.9 Å². The van der Waals surface area contributed by atoms with Gasteiger partial charge in [0.25, 0.3) is 0 Å². The Hall–Kier alpha value is -2.41. The number of halogens is 3. The summed E-state index contributed by atoms with van der Waals surface area (Å²) >= 11 is 0. The first kappa shape index (κ1) is 14.0. The quantitative estimate of drug-likeness (QED) is 0.732. The molecule has 0 bridgehead atoms. The molecule has 4 heteroatoms. The summed E-state index contributed by atoms with van der Waals surface area (Å²) in [6.45, 7) is 1.90. The van der Waals surface area contributed by atoms with Gasteiger partial charge in [-0.3, -0.25) is 0 Å². The Morgan fingerprint density at radius 2 is 1.70 bits per heavy atom. The van der Waals surface area contributed by atoms with Gasteiger partial charge in [0.2, 0.25) is 0 Å². The largest absolute Gasteiger partial charge is 0.573 e. The lowest BCUT2D eigenvalue weighted by molar-refractivity contribution is -0.274. The van der Waals surface area contributed by atoms with E-state index in [-0.39, 0.29) is 5.75 Å². The van der Waals surface area contributed by atoms with Gasteiger partial charge in [0.1, 0.15) is 5.75 Å². The minimum atomic E-state index is -4.74. The summed E-state index contributed by atoms with van der Waals surface area (Å²) in [6.07, 6.45) is 0.546. The van der Waals surface area contributed by atoms with Crippen LogP contribution in [0.1, 0.15) is 11.1 Å². The molecule has 1 nitrogen and oxygen atoms in total. The van der Waals surface area contributed by atoms with E-state index in [1.54, 1.807) is 12.1 Å². The lowest BCUT2D eigenvalue weighted by atomic mass is 10.0. The van der Waals surface area contributed by atoms with E-state index in [0.717, 1.165) is 5.56 Å². The smallest absolute Gasteiger partial charge is 0.405 e. The van der Waals surface area contributed by atoms with Crippen LogP contribution < -0.4 is 4.74 Å². The number of hydrogen-bond acceptors (Lipinski definition) is 1. The molecule has 0 unspecified atom stereocenters. The van der Waals surface area contributed by atoms with Crippen molar-refractivity contribution >= 4 is 0 Å². The van der Waals surface area contributed by atoms with Crippen LogP contribution in [-0.4, -0.2) is 6.36 Å². The Balaban J connectivity index is 2.53. The van der Waals surface area contributed by atoms with Crippen molar-refractivity contribution in [3.05, 3.63) is 53.6 Å². The van der Waals surface area contributed by atoms with E-state index in [9.17, 15) is 13.2 Å². The summed E-state index contributed by atoms with van der Waals surface area (Å²) in [5.74, 6) is 2.14. The van der Waals surface area contributed by atoms with E-state index in [0.29, 0.717) is 16.7 Å². The third-order valence-corrected chi connectivity index (χ3v) is 2.73. The first-order valence-corrected chi connectivity index (χ1v) is 5.82. The number of alkyl halides is 3. The molecule has 2 aromatic rings. The maximum absolute atomic E-state index is 12.4. The van der Waals surface area contributed by atoms with Crippen LogP contribution in [0, 0.1) is 19.3 Å². The standard InChI is InChI=1S/C16H11F3O/c1-3-12-6-9-15(20-16(17,18)19)14(10-12)13-7-4-11(2)5-8-13/h1,4-10H,2H3. The van der Waals surface area contributed by atoms with Gasteiger partial charge in [-0.05, 0) is 30.7 Å². The molecule has 2 aromatic carbocycles. The number of benzene rings is 2. The molecule has 102 valence electrons. The molecule has 0 heterocycles. The Morgan fingerprint density at radius 3 is 2.25 bits per heavy atom. The lowest BCUT2D eigenvalue weighted by Crippen LogP contribution is -2.17. The molecule has 0 spiro atoms. The van der Waals surface area contributed by atoms with Crippen LogP contribution in [0.4, 0.5) is 13.2 Å². The van der Waals surface area contributed by atoms with E-state index >= 15 is 0 Å². The van der Waals surface area contributed by atoms with Crippen molar-refractivity contribution in [1.29, 1.82) is 0 Å². The zero-order chi connectivity index (χ0) is 14.8. The molecular weight excluding hydrogens is 265 g/mol. The van der Waals surface area contributed by atoms with Gasteiger partial charge in [-0.15, -0.1) is 19.6 Å². The van der Waals surface area contributed by atoms with Crippen LogP contribution in [0.15, 0.2) is 42.5 Å². The number of terminal acetylenes is 1. The molecule has 0 N–H and O–H groups in total. The second-order valence-corrected chi connectivity index (χ2v) is 4.27. The third kappa shape index (κ3) is 3.33. The van der Waals surface area contributed by atoms with Crippen molar-refractivity contribution in [1.82, 2.24) is 0 Å². The molecule has 0 aliphatic heterocycles. The van der Waals surface area contributed by atoms with Crippen LogP contribution in [-0.2, 0) is 0 Å². The number of rotatable bonds is 2. The first-order chi connectivity index (χ1) is 9.39. The van der Waals surface area contributed by atoms with Gasteiger partial charge in [-0.2, -0.15) is 0 Å². The monoisotopic (exact) mass is 276 g/mol. The average Bonchev–Trinajstić information content (AvgIpc) is 2.38. The van der Waals surface area contributed by atoms with Crippen molar-refractivity contribution in [3.8, 4) is 29.2 Å². The molecular formula is C16H11F3O. The van der Waals surface area contributed by atoms with E-state index in [1.807, 2.05) is 19.1 Å². The Labute approximate surface area is 115 Å². The van der Waals surface area contributed by atoms with Crippen molar-refractivity contribution in [2.75, 3.05) is 0 Å². The van der Waals surface area contributed by atoms with Crippen LogP contribution in [0.2, 0.25) is 0 Å². The Morgan fingerprint density at radius 1 is 1.05 bits per heavy atom. The van der Waals surface area contributed by atoms with E-state index in [1.165, 1.54) is 18.2 Å². The van der Waals surface area contributed by atoms with Crippen molar-refractivity contribution in [3.63, 3.8) is 0 Å². The van der Waals surface area contributed by atoms with Crippen molar-refractivity contribution in [2.45, 2.75) is 13.3 Å². The van der Waals surface area contributed by atoms with Crippen LogP contribution >= 0.6 is 0 Å². The van der Waals surface area contributed by atoms with Gasteiger partial charge in [-0.25, -0.2) is 0 Å². The number of hydrogen-bond donors (Lipinski definition) is 0. The summed E-state index contributed by atoms with van der Waals surface area (Å²) in [5, 5.41) is 0. The fourth-order valence-corrected chi connectivity index (χ4v) is 1.79. The molecule has 0 saturated heterocycles. The molecule has 20 heavy (non-hydrogen) atoms. The van der Waals surface area contributed by atoms with Gasteiger partial charge >= 0.3 is 6.36 Å². The van der Waals surface area contributed by atoms with E-state index < -0.39 is 6.36 Å². The highest BCUT2D eigenvalue weighted by atomic mass is 19.4. The van der Waals surface area contributed by atoms with E-state index in [4.69, 9.17) is 6.42 Å². The topological polar surface area (TPSA) is 9.23 Å². The minimum absolute atomic E-state index is 0.264. The highest BCUT2D eigenvalue weighted by Gasteiger charge is 2.32. The highest BCUT2D eigenvalue weighted by Crippen LogP contribution is 2.34. The minimum Gasteiger partial charge on any atom is -0.405 e. The van der Waals surface area contributed by atoms with Crippen LogP contribution in [0.3, 0.4) is 0 Å². The number of ether oxygens (including phenoxy) is 1. The zero-order valence-corrected chi connectivity index (χ0v) is 10.7. The van der Waals surface area contributed by atoms with Crippen LogP contribution in [0.5, 0.6) is 5.75 Å². The summed E-state index contributed by atoms with van der Waals surface area (Å²) < 4.78 is 41.3. The predicted octanol–water partition coefficient (Wildman–Crippen LogP) is 4.54. The van der Waals surface area contributed by atoms with Gasteiger partial charge < -0.3 is 4.74 Å². The summed E-state index contributed by atoms with van der Waals surface area (Å²) in [5.41, 5.74) is 2.44. The molecule has 0 fully saturated rings. The summed E-state index contributed by atoms with van der Waals surface area (Å²) in [6, 6.07) is 11.2. The summed E-state index contributed by atoms with van der Waals surface area (Å²) in [7, 11) is 0. The molecule has 0 saturated carbocycles. The molecule has 0 aliphatic carbocycles. The summed E-state index contributed by atoms with van der Waals surface area (Å²) in [4.78, 5) is 0. The zero-order valence-electron chi connectivity index (χ0n) is 10.7. The molecule has 2 rings (SSSR count). The molecule has 0 aromatic heterocycles. The van der Waals surface area contributed by atoms with Gasteiger partial charge in [0, 0.05) is 11.1 Å². The number of aryl methyl sites for hydroxylation is 1. The lowest BCUT2D eigenvalue weighted by Gasteiger charge is -2.14. The second kappa shape index (κ2) is 5.30. The van der Waals surface area contributed by atoms with Crippen molar-refractivity contribution in [2.24, 2.45) is 0 Å². The van der Waals surface area contributed by atoms with Gasteiger partial charge in [0.05, 0.1) is 0 Å². The maximum atomic E-state index is 12.4. The fourth-order valence-electron chi connectivity index (χ4n) is 1.79. The maximum Gasteiger partial charge on any atom is 0.573 e. The molecule has 0 atom stereocenters. The molecule has 0 amide bonds. The average molecular weight is 276 g/mol. The SMILES string of the molecule is C#Cc1ccc(OC(F)(F)F)c(-c2ccc(C)cc2)c1. The molecule has 0 radical (unpaired) electrons. The van der Waals surface area contributed by atoms with Crippen LogP contribution in [0.25, 0.3) is 11.1 Å².